The smallest absolute Gasteiger partial charge is 0.340 e. The molecule has 3 aromatic heterocycles. The first-order chi connectivity index (χ1) is 15.1. The SMILES string of the molecule is Cc1ccnn1C(C)C(=O)N1CCCC(c2noc3nc(C(C)C)cc(C(F)(F)F)c23)C1. The van der Waals surface area contributed by atoms with E-state index in [1.807, 2.05) is 13.0 Å². The molecule has 2 atom stereocenters. The number of aromatic nitrogens is 4. The van der Waals surface area contributed by atoms with Gasteiger partial charge in [0.2, 0.25) is 5.91 Å². The summed E-state index contributed by atoms with van der Waals surface area (Å²) in [6, 6.07) is 2.41. The minimum Gasteiger partial charge on any atom is -0.340 e. The molecule has 0 radical (unpaired) electrons. The summed E-state index contributed by atoms with van der Waals surface area (Å²) in [5.41, 5.74) is 0.490. The van der Waals surface area contributed by atoms with Crippen molar-refractivity contribution in [2.24, 2.45) is 0 Å². The molecule has 1 fully saturated rings. The maximum Gasteiger partial charge on any atom is 0.417 e. The molecule has 10 heteroatoms. The fraction of sp³-hybridized carbons (Fsp3) is 0.545. The maximum absolute atomic E-state index is 13.9. The minimum absolute atomic E-state index is 0.0998. The van der Waals surface area contributed by atoms with E-state index in [1.165, 1.54) is 0 Å². The van der Waals surface area contributed by atoms with Crippen molar-refractivity contribution in [3.63, 3.8) is 0 Å². The van der Waals surface area contributed by atoms with Crippen LogP contribution in [0, 0.1) is 6.92 Å². The Morgan fingerprint density at radius 2 is 2.03 bits per heavy atom. The highest BCUT2D eigenvalue weighted by atomic mass is 19.4. The Balaban J connectivity index is 1.67. The number of nitrogens with zero attached hydrogens (tertiary/aromatic N) is 5. The van der Waals surface area contributed by atoms with Gasteiger partial charge in [0, 0.05) is 36.6 Å². The van der Waals surface area contributed by atoms with Crippen LogP contribution in [0.5, 0.6) is 0 Å². The van der Waals surface area contributed by atoms with Gasteiger partial charge in [-0.3, -0.25) is 9.48 Å². The second kappa shape index (κ2) is 8.22. The second-order valence-electron chi connectivity index (χ2n) is 8.71. The first-order valence-electron chi connectivity index (χ1n) is 10.7. The van der Waals surface area contributed by atoms with E-state index in [9.17, 15) is 18.0 Å². The van der Waals surface area contributed by atoms with Crippen molar-refractivity contribution in [2.45, 2.75) is 64.6 Å². The van der Waals surface area contributed by atoms with Crippen LogP contribution < -0.4 is 0 Å². The summed E-state index contributed by atoms with van der Waals surface area (Å²) in [5.74, 6) is -0.678. The third kappa shape index (κ3) is 3.98. The molecule has 0 N–H and O–H groups in total. The molecule has 172 valence electrons. The predicted molar refractivity (Wildman–Crippen MR) is 111 cm³/mol. The second-order valence-corrected chi connectivity index (χ2v) is 8.71. The van der Waals surface area contributed by atoms with Crippen LogP contribution in [-0.4, -0.2) is 43.8 Å². The fourth-order valence-corrected chi connectivity index (χ4v) is 4.35. The van der Waals surface area contributed by atoms with Crippen LogP contribution in [0.2, 0.25) is 0 Å². The van der Waals surface area contributed by atoms with Crippen LogP contribution in [0.15, 0.2) is 22.9 Å². The molecule has 1 aliphatic rings. The monoisotopic (exact) mass is 449 g/mol. The zero-order valence-corrected chi connectivity index (χ0v) is 18.5. The summed E-state index contributed by atoms with van der Waals surface area (Å²) in [7, 11) is 0. The van der Waals surface area contributed by atoms with E-state index in [0.29, 0.717) is 25.1 Å². The molecule has 2 unspecified atom stereocenters. The molecule has 1 amide bonds. The van der Waals surface area contributed by atoms with E-state index in [1.54, 1.807) is 36.5 Å². The number of piperidine rings is 1. The van der Waals surface area contributed by atoms with Crippen LogP contribution in [-0.2, 0) is 11.0 Å². The number of carbonyl (C=O) groups excluding carboxylic acids is 1. The van der Waals surface area contributed by atoms with Crippen molar-refractivity contribution < 1.29 is 22.5 Å². The number of fused-ring (bicyclic) bond motifs is 1. The number of hydrogen-bond acceptors (Lipinski definition) is 5. The van der Waals surface area contributed by atoms with Gasteiger partial charge in [-0.15, -0.1) is 0 Å². The van der Waals surface area contributed by atoms with Crippen LogP contribution in [0.1, 0.15) is 74.1 Å². The maximum atomic E-state index is 13.9. The van der Waals surface area contributed by atoms with Gasteiger partial charge in [-0.1, -0.05) is 19.0 Å². The number of halogens is 3. The highest BCUT2D eigenvalue weighted by Crippen LogP contribution is 2.41. The van der Waals surface area contributed by atoms with E-state index < -0.39 is 17.8 Å². The van der Waals surface area contributed by atoms with Gasteiger partial charge in [0.05, 0.1) is 16.6 Å². The van der Waals surface area contributed by atoms with Crippen LogP contribution in [0.3, 0.4) is 0 Å². The van der Waals surface area contributed by atoms with Gasteiger partial charge in [-0.25, -0.2) is 4.98 Å². The lowest BCUT2D eigenvalue weighted by molar-refractivity contribution is -0.137. The summed E-state index contributed by atoms with van der Waals surface area (Å²) in [5, 5.41) is 8.11. The number of aryl methyl sites for hydroxylation is 1. The Morgan fingerprint density at radius 3 is 2.66 bits per heavy atom. The van der Waals surface area contributed by atoms with Gasteiger partial charge in [-0.05, 0) is 44.7 Å². The molecule has 1 saturated heterocycles. The van der Waals surface area contributed by atoms with Crippen LogP contribution >= 0.6 is 0 Å². The van der Waals surface area contributed by atoms with Crippen molar-refractivity contribution >= 4 is 17.0 Å². The number of alkyl halides is 3. The Hall–Kier alpha value is -2.91. The zero-order valence-electron chi connectivity index (χ0n) is 18.5. The fourth-order valence-electron chi connectivity index (χ4n) is 4.35. The molecule has 0 aliphatic carbocycles. The first kappa shape index (κ1) is 22.3. The van der Waals surface area contributed by atoms with E-state index in [4.69, 9.17) is 4.52 Å². The molecule has 0 spiro atoms. The van der Waals surface area contributed by atoms with Gasteiger partial charge >= 0.3 is 6.18 Å². The number of pyridine rings is 1. The van der Waals surface area contributed by atoms with E-state index in [0.717, 1.165) is 11.8 Å². The summed E-state index contributed by atoms with van der Waals surface area (Å²) in [6.07, 6.45) is -1.66. The lowest BCUT2D eigenvalue weighted by Crippen LogP contribution is -2.42. The Kier molecular flexibility index (Phi) is 5.72. The van der Waals surface area contributed by atoms with Gasteiger partial charge < -0.3 is 9.42 Å². The Bertz CT molecular complexity index is 1130. The van der Waals surface area contributed by atoms with Gasteiger partial charge in [-0.2, -0.15) is 18.3 Å². The zero-order chi connectivity index (χ0) is 23.2. The topological polar surface area (TPSA) is 77.0 Å². The average Bonchev–Trinajstić information content (AvgIpc) is 3.37. The first-order valence-corrected chi connectivity index (χ1v) is 10.7. The van der Waals surface area contributed by atoms with Crippen molar-refractivity contribution in [1.82, 2.24) is 24.8 Å². The summed E-state index contributed by atoms with van der Waals surface area (Å²) in [4.78, 5) is 19.1. The molecule has 0 saturated carbocycles. The molecule has 3 aromatic rings. The number of amides is 1. The van der Waals surface area contributed by atoms with E-state index >= 15 is 0 Å². The molecule has 0 aromatic carbocycles. The molecule has 7 nitrogen and oxygen atoms in total. The Labute approximate surface area is 183 Å². The lowest BCUT2D eigenvalue weighted by atomic mass is 9.91. The predicted octanol–water partition coefficient (Wildman–Crippen LogP) is 4.84. The number of hydrogen-bond donors (Lipinski definition) is 0. The highest BCUT2D eigenvalue weighted by Gasteiger charge is 2.39. The molecular formula is C22H26F3N5O2. The average molecular weight is 449 g/mol. The molecule has 4 heterocycles. The highest BCUT2D eigenvalue weighted by molar-refractivity contribution is 5.83. The summed E-state index contributed by atoms with van der Waals surface area (Å²) in [6.45, 7) is 8.01. The van der Waals surface area contributed by atoms with Crippen molar-refractivity contribution in [3.8, 4) is 0 Å². The van der Waals surface area contributed by atoms with Crippen molar-refractivity contribution in [2.75, 3.05) is 13.1 Å². The summed E-state index contributed by atoms with van der Waals surface area (Å²) >= 11 is 0. The lowest BCUT2D eigenvalue weighted by Gasteiger charge is -2.34. The van der Waals surface area contributed by atoms with E-state index in [2.05, 4.69) is 15.2 Å². The Morgan fingerprint density at radius 1 is 1.28 bits per heavy atom. The summed E-state index contributed by atoms with van der Waals surface area (Å²) < 4.78 is 48.7. The molecular weight excluding hydrogens is 423 g/mol. The van der Waals surface area contributed by atoms with Gasteiger partial charge in [0.1, 0.15) is 6.04 Å². The van der Waals surface area contributed by atoms with Crippen LogP contribution in [0.4, 0.5) is 13.2 Å². The van der Waals surface area contributed by atoms with Crippen molar-refractivity contribution in [3.05, 3.63) is 41.0 Å². The minimum atomic E-state index is -4.57. The third-order valence-electron chi connectivity index (χ3n) is 6.10. The number of rotatable bonds is 4. The molecule has 1 aliphatic heterocycles. The normalized spacial score (nSPS) is 18.5. The number of likely N-dealkylation sites (tertiary alicyclic amines) is 1. The molecule has 32 heavy (non-hydrogen) atoms. The van der Waals surface area contributed by atoms with Gasteiger partial charge in [0.15, 0.2) is 0 Å². The third-order valence-corrected chi connectivity index (χ3v) is 6.10. The molecule has 4 rings (SSSR count). The van der Waals surface area contributed by atoms with Crippen molar-refractivity contribution in [1.29, 1.82) is 0 Å². The van der Waals surface area contributed by atoms with Gasteiger partial charge in [0.25, 0.3) is 5.71 Å². The largest absolute Gasteiger partial charge is 0.417 e. The standard InChI is InChI=1S/C22H26F3N5O2/c1-12(2)17-10-16(22(23,24)25)18-19(28-32-20(18)27-17)15-6-5-9-29(11-15)21(31)14(4)30-13(3)7-8-26-30/h7-8,10,12,14-15H,5-6,9,11H2,1-4H3. The molecule has 0 bridgehead atoms. The van der Waals surface area contributed by atoms with E-state index in [-0.39, 0.29) is 41.1 Å². The van der Waals surface area contributed by atoms with Crippen LogP contribution in [0.25, 0.3) is 11.1 Å². The quantitative estimate of drug-likeness (QED) is 0.570. The number of carbonyl (C=O) groups is 1.